The van der Waals surface area contributed by atoms with E-state index < -0.39 is 12.0 Å². The van der Waals surface area contributed by atoms with E-state index in [2.05, 4.69) is 4.98 Å². The number of nitrogens with zero attached hydrogens (tertiary/aromatic N) is 2. The van der Waals surface area contributed by atoms with E-state index in [0.29, 0.717) is 33.8 Å². The second-order valence-corrected chi connectivity index (χ2v) is 7.76. The van der Waals surface area contributed by atoms with Crippen molar-refractivity contribution in [2.75, 3.05) is 17.7 Å². The number of ether oxygens (including phenoxy) is 1. The van der Waals surface area contributed by atoms with Gasteiger partial charge in [-0.25, -0.2) is 0 Å². The van der Waals surface area contributed by atoms with Crippen molar-refractivity contribution in [3.63, 3.8) is 0 Å². The molecule has 1 heterocycles. The molecule has 7 nitrogen and oxygen atoms in total. The zero-order valence-corrected chi connectivity index (χ0v) is 18.7. The molecule has 32 heavy (non-hydrogen) atoms. The highest BCUT2D eigenvalue weighted by molar-refractivity contribution is 6.03. The van der Waals surface area contributed by atoms with Gasteiger partial charge in [0.05, 0.1) is 22.6 Å². The average molecular weight is 433 g/mol. The van der Waals surface area contributed by atoms with Crippen LogP contribution in [0, 0.1) is 6.92 Å². The number of primary amides is 1. The van der Waals surface area contributed by atoms with E-state index in [1.807, 2.05) is 57.2 Å². The molecule has 0 radical (unpaired) electrons. The largest absolute Gasteiger partial charge is 0.397 e. The molecule has 0 aliphatic rings. The Hall–Kier alpha value is -3.71. The maximum atomic E-state index is 13.6. The lowest BCUT2D eigenvalue weighted by Crippen LogP contribution is -2.41. The molecular formula is C25H28N4O3. The Balaban J connectivity index is 2.08. The van der Waals surface area contributed by atoms with Crippen LogP contribution in [0.25, 0.3) is 11.3 Å². The Morgan fingerprint density at radius 3 is 2.31 bits per heavy atom. The van der Waals surface area contributed by atoms with Crippen LogP contribution in [-0.2, 0) is 9.53 Å². The second kappa shape index (κ2) is 9.62. The molecule has 166 valence electrons. The lowest BCUT2D eigenvalue weighted by Gasteiger charge is -2.32. The third kappa shape index (κ3) is 4.33. The number of amides is 2. The summed E-state index contributed by atoms with van der Waals surface area (Å²) in [6, 6.07) is 16.0. The van der Waals surface area contributed by atoms with E-state index >= 15 is 0 Å². The molecule has 0 aliphatic carbocycles. The number of carbonyl (C=O) groups excluding carboxylic acids is 2. The second-order valence-electron chi connectivity index (χ2n) is 7.76. The lowest BCUT2D eigenvalue weighted by molar-refractivity contribution is -0.129. The van der Waals surface area contributed by atoms with Crippen molar-refractivity contribution in [1.82, 2.24) is 4.98 Å². The summed E-state index contributed by atoms with van der Waals surface area (Å²) in [5.41, 5.74) is 16.0. The first-order valence-electron chi connectivity index (χ1n) is 10.3. The molecule has 0 spiro atoms. The Bertz CT molecular complexity index is 1130. The van der Waals surface area contributed by atoms with Crippen LogP contribution in [0.4, 0.5) is 11.4 Å². The van der Waals surface area contributed by atoms with Gasteiger partial charge >= 0.3 is 0 Å². The van der Waals surface area contributed by atoms with Crippen LogP contribution in [0.1, 0.15) is 41.4 Å². The Morgan fingerprint density at radius 1 is 1.03 bits per heavy atom. The standard InChI is InChI=1S/C25H28N4O3/c1-15(2)29(25(31)23(32-4)17-9-6-5-7-10-17)20-13-12-18(16(3)21(20)26)22-19(24(27)30)11-8-14-28-22/h5-15,23H,26H2,1-4H3,(H2,27,30). The van der Waals surface area contributed by atoms with Gasteiger partial charge in [-0.2, -0.15) is 0 Å². The van der Waals surface area contributed by atoms with Crippen molar-refractivity contribution in [2.45, 2.75) is 32.9 Å². The van der Waals surface area contributed by atoms with Gasteiger partial charge in [-0.1, -0.05) is 36.4 Å². The minimum Gasteiger partial charge on any atom is -0.397 e. The van der Waals surface area contributed by atoms with E-state index in [1.165, 1.54) is 7.11 Å². The first-order chi connectivity index (χ1) is 15.3. The van der Waals surface area contributed by atoms with E-state index in [4.69, 9.17) is 16.2 Å². The van der Waals surface area contributed by atoms with Crippen LogP contribution >= 0.6 is 0 Å². The van der Waals surface area contributed by atoms with E-state index in [9.17, 15) is 9.59 Å². The van der Waals surface area contributed by atoms with E-state index in [-0.39, 0.29) is 11.9 Å². The fourth-order valence-electron chi connectivity index (χ4n) is 3.78. The molecule has 1 atom stereocenters. The zero-order chi connectivity index (χ0) is 23.4. The SMILES string of the molecule is COC(C(=O)N(c1ccc(-c2ncccc2C(N)=O)c(C)c1N)C(C)C)c1ccccc1. The Labute approximate surface area is 188 Å². The summed E-state index contributed by atoms with van der Waals surface area (Å²) in [6.45, 7) is 5.67. The van der Waals surface area contributed by atoms with Gasteiger partial charge in [-0.3, -0.25) is 14.6 Å². The number of rotatable bonds is 7. The summed E-state index contributed by atoms with van der Waals surface area (Å²) in [5, 5.41) is 0. The molecule has 0 bridgehead atoms. The molecule has 0 aliphatic heterocycles. The minimum absolute atomic E-state index is 0.174. The highest BCUT2D eigenvalue weighted by Crippen LogP contribution is 2.37. The van der Waals surface area contributed by atoms with Gasteiger partial charge in [0.15, 0.2) is 6.10 Å². The third-order valence-corrected chi connectivity index (χ3v) is 5.40. The average Bonchev–Trinajstić information content (AvgIpc) is 2.78. The molecule has 2 amide bonds. The smallest absolute Gasteiger partial charge is 0.261 e. The fraction of sp³-hybridized carbons (Fsp3) is 0.240. The van der Waals surface area contributed by atoms with Crippen molar-refractivity contribution < 1.29 is 14.3 Å². The van der Waals surface area contributed by atoms with Crippen molar-refractivity contribution in [1.29, 1.82) is 0 Å². The number of nitrogen functional groups attached to an aromatic ring is 1. The van der Waals surface area contributed by atoms with Gasteiger partial charge in [0.25, 0.3) is 11.8 Å². The van der Waals surface area contributed by atoms with Gasteiger partial charge in [-0.05, 0) is 50.1 Å². The van der Waals surface area contributed by atoms with Crippen molar-refractivity contribution in [3.8, 4) is 11.3 Å². The number of hydrogen-bond acceptors (Lipinski definition) is 5. The van der Waals surface area contributed by atoms with Gasteiger partial charge in [0.1, 0.15) is 0 Å². The molecule has 2 aromatic carbocycles. The fourth-order valence-corrected chi connectivity index (χ4v) is 3.78. The number of pyridine rings is 1. The summed E-state index contributed by atoms with van der Waals surface area (Å²) in [5.74, 6) is -0.789. The quantitative estimate of drug-likeness (QED) is 0.551. The van der Waals surface area contributed by atoms with Crippen molar-refractivity contribution >= 4 is 23.2 Å². The molecule has 4 N–H and O–H groups in total. The molecule has 3 aromatic rings. The molecule has 0 saturated heterocycles. The Morgan fingerprint density at radius 2 is 1.72 bits per heavy atom. The van der Waals surface area contributed by atoms with Crippen LogP contribution in [-0.4, -0.2) is 29.9 Å². The number of anilines is 2. The molecule has 3 rings (SSSR count). The highest BCUT2D eigenvalue weighted by atomic mass is 16.5. The van der Waals surface area contributed by atoms with Crippen molar-refractivity contribution in [2.24, 2.45) is 5.73 Å². The topological polar surface area (TPSA) is 112 Å². The number of aromatic nitrogens is 1. The minimum atomic E-state index is -0.768. The number of methoxy groups -OCH3 is 1. The van der Waals surface area contributed by atoms with Crippen LogP contribution < -0.4 is 16.4 Å². The lowest BCUT2D eigenvalue weighted by atomic mass is 9.97. The molecule has 1 aromatic heterocycles. The summed E-state index contributed by atoms with van der Waals surface area (Å²) < 4.78 is 5.56. The molecule has 1 unspecified atom stereocenters. The summed E-state index contributed by atoms with van der Waals surface area (Å²) in [4.78, 5) is 31.4. The monoisotopic (exact) mass is 432 g/mol. The number of nitrogens with two attached hydrogens (primary N) is 2. The first-order valence-corrected chi connectivity index (χ1v) is 10.3. The predicted octanol–water partition coefficient (Wildman–Crippen LogP) is 3.87. The summed E-state index contributed by atoms with van der Waals surface area (Å²) in [6.07, 6.45) is 0.827. The van der Waals surface area contributed by atoms with Crippen LogP contribution in [0.2, 0.25) is 0 Å². The maximum absolute atomic E-state index is 13.6. The van der Waals surface area contributed by atoms with Crippen LogP contribution in [0.15, 0.2) is 60.8 Å². The van der Waals surface area contributed by atoms with Crippen molar-refractivity contribution in [3.05, 3.63) is 77.5 Å². The highest BCUT2D eigenvalue weighted by Gasteiger charge is 2.30. The number of benzene rings is 2. The predicted molar refractivity (Wildman–Crippen MR) is 126 cm³/mol. The number of carbonyl (C=O) groups is 2. The Kier molecular flexibility index (Phi) is 6.90. The molecule has 0 saturated carbocycles. The zero-order valence-electron chi connectivity index (χ0n) is 18.7. The van der Waals surface area contributed by atoms with Gasteiger partial charge < -0.3 is 21.1 Å². The van der Waals surface area contributed by atoms with Crippen LogP contribution in [0.3, 0.4) is 0 Å². The molecular weight excluding hydrogens is 404 g/mol. The first kappa shape index (κ1) is 23.0. The number of hydrogen-bond donors (Lipinski definition) is 2. The van der Waals surface area contributed by atoms with Gasteiger partial charge in [0, 0.05) is 24.9 Å². The van der Waals surface area contributed by atoms with Crippen LogP contribution in [0.5, 0.6) is 0 Å². The molecule has 7 heteroatoms. The maximum Gasteiger partial charge on any atom is 0.261 e. The van der Waals surface area contributed by atoms with Gasteiger partial charge in [0.2, 0.25) is 0 Å². The summed E-state index contributed by atoms with van der Waals surface area (Å²) in [7, 11) is 1.51. The summed E-state index contributed by atoms with van der Waals surface area (Å²) >= 11 is 0. The van der Waals surface area contributed by atoms with E-state index in [0.717, 1.165) is 5.56 Å². The third-order valence-electron chi connectivity index (χ3n) is 5.40. The van der Waals surface area contributed by atoms with Gasteiger partial charge in [-0.15, -0.1) is 0 Å². The normalized spacial score (nSPS) is 11.9. The van der Waals surface area contributed by atoms with E-state index in [1.54, 1.807) is 29.3 Å². The molecule has 0 fully saturated rings.